The summed E-state index contributed by atoms with van der Waals surface area (Å²) < 4.78 is 0. The van der Waals surface area contributed by atoms with Gasteiger partial charge in [0.15, 0.2) is 0 Å². The van der Waals surface area contributed by atoms with Gasteiger partial charge in [-0.3, -0.25) is 9.59 Å². The van der Waals surface area contributed by atoms with Crippen molar-refractivity contribution < 1.29 is 9.59 Å². The van der Waals surface area contributed by atoms with E-state index in [0.717, 1.165) is 17.5 Å². The van der Waals surface area contributed by atoms with Crippen molar-refractivity contribution in [3.63, 3.8) is 0 Å². The SMILES string of the molecule is Cc1cccc(C2c3ccsc3CCN2C(=O)CCC(=O)NCCc2cccc(Cl)c2)c1. The molecule has 0 bridgehead atoms. The highest BCUT2D eigenvalue weighted by Crippen LogP contribution is 2.38. The Bertz CT molecular complexity index is 1110. The summed E-state index contributed by atoms with van der Waals surface area (Å²) in [6.45, 7) is 3.28. The smallest absolute Gasteiger partial charge is 0.223 e. The molecule has 0 fully saturated rings. The number of aryl methyl sites for hydroxylation is 1. The van der Waals surface area contributed by atoms with Gasteiger partial charge in [0.1, 0.15) is 0 Å². The van der Waals surface area contributed by atoms with Crippen LogP contribution in [0.25, 0.3) is 0 Å². The second kappa shape index (κ2) is 10.3. The van der Waals surface area contributed by atoms with Crippen molar-refractivity contribution in [1.29, 1.82) is 0 Å². The van der Waals surface area contributed by atoms with Gasteiger partial charge in [0.2, 0.25) is 11.8 Å². The number of carbonyl (C=O) groups excluding carboxylic acids is 2. The summed E-state index contributed by atoms with van der Waals surface area (Å²) in [4.78, 5) is 28.8. The predicted octanol–water partition coefficient (Wildman–Crippen LogP) is 5.32. The number of hydrogen-bond donors (Lipinski definition) is 1. The number of fused-ring (bicyclic) bond motifs is 1. The molecule has 1 aromatic heterocycles. The van der Waals surface area contributed by atoms with Gasteiger partial charge in [-0.05, 0) is 60.0 Å². The molecule has 3 aromatic rings. The number of benzene rings is 2. The lowest BCUT2D eigenvalue weighted by Crippen LogP contribution is -2.40. The first-order valence-electron chi connectivity index (χ1n) is 10.9. The summed E-state index contributed by atoms with van der Waals surface area (Å²) in [7, 11) is 0. The van der Waals surface area contributed by atoms with Crippen LogP contribution in [0.2, 0.25) is 5.02 Å². The molecule has 0 aliphatic carbocycles. The lowest BCUT2D eigenvalue weighted by Gasteiger charge is -2.36. The molecule has 1 unspecified atom stereocenters. The average molecular weight is 467 g/mol. The normalized spacial score (nSPS) is 15.3. The fraction of sp³-hybridized carbons (Fsp3) is 0.308. The van der Waals surface area contributed by atoms with Gasteiger partial charge >= 0.3 is 0 Å². The average Bonchev–Trinajstić information content (AvgIpc) is 3.26. The van der Waals surface area contributed by atoms with Crippen molar-refractivity contribution in [3.05, 3.63) is 92.1 Å². The molecule has 6 heteroatoms. The van der Waals surface area contributed by atoms with Crippen molar-refractivity contribution >= 4 is 34.8 Å². The first-order chi connectivity index (χ1) is 15.5. The maximum Gasteiger partial charge on any atom is 0.223 e. The molecule has 0 saturated heterocycles. The predicted molar refractivity (Wildman–Crippen MR) is 130 cm³/mol. The summed E-state index contributed by atoms with van der Waals surface area (Å²) >= 11 is 7.76. The van der Waals surface area contributed by atoms with Gasteiger partial charge in [0, 0.05) is 35.8 Å². The molecule has 0 saturated carbocycles. The molecule has 2 heterocycles. The van der Waals surface area contributed by atoms with Crippen LogP contribution in [0.1, 0.15) is 46.0 Å². The highest BCUT2D eigenvalue weighted by Gasteiger charge is 2.32. The van der Waals surface area contributed by atoms with E-state index in [-0.39, 0.29) is 30.7 Å². The maximum atomic E-state index is 13.2. The van der Waals surface area contributed by atoms with Crippen molar-refractivity contribution in [1.82, 2.24) is 10.2 Å². The van der Waals surface area contributed by atoms with Gasteiger partial charge in [-0.25, -0.2) is 0 Å². The zero-order valence-electron chi connectivity index (χ0n) is 18.1. The van der Waals surface area contributed by atoms with E-state index in [0.29, 0.717) is 24.5 Å². The third-order valence-electron chi connectivity index (χ3n) is 5.83. The van der Waals surface area contributed by atoms with Gasteiger partial charge in [0.05, 0.1) is 6.04 Å². The molecule has 2 aromatic carbocycles. The Morgan fingerprint density at radius 3 is 2.78 bits per heavy atom. The van der Waals surface area contributed by atoms with Crippen LogP contribution in [-0.2, 0) is 22.4 Å². The molecule has 0 radical (unpaired) electrons. The Hall–Kier alpha value is -2.63. The van der Waals surface area contributed by atoms with Crippen molar-refractivity contribution in [2.75, 3.05) is 13.1 Å². The fourth-order valence-electron chi connectivity index (χ4n) is 4.28. The number of thiophene rings is 1. The first kappa shape index (κ1) is 22.6. The Kier molecular flexibility index (Phi) is 7.28. The largest absolute Gasteiger partial charge is 0.356 e. The minimum Gasteiger partial charge on any atom is -0.356 e. The van der Waals surface area contributed by atoms with Crippen LogP contribution in [0.3, 0.4) is 0 Å². The van der Waals surface area contributed by atoms with E-state index in [1.807, 2.05) is 35.2 Å². The van der Waals surface area contributed by atoms with E-state index in [1.165, 1.54) is 16.0 Å². The van der Waals surface area contributed by atoms with Crippen molar-refractivity contribution in [3.8, 4) is 0 Å². The molecule has 4 rings (SSSR count). The van der Waals surface area contributed by atoms with E-state index < -0.39 is 0 Å². The lowest BCUT2D eigenvalue weighted by atomic mass is 9.92. The van der Waals surface area contributed by atoms with Gasteiger partial charge in [-0.15, -0.1) is 11.3 Å². The Morgan fingerprint density at radius 1 is 1.12 bits per heavy atom. The van der Waals surface area contributed by atoms with Crippen LogP contribution in [0.4, 0.5) is 0 Å². The third kappa shape index (κ3) is 5.40. The molecule has 4 nitrogen and oxygen atoms in total. The van der Waals surface area contributed by atoms with Crippen LogP contribution in [0, 0.1) is 6.92 Å². The molecule has 2 amide bonds. The minimum atomic E-state index is -0.0966. The first-order valence-corrected chi connectivity index (χ1v) is 12.2. The molecular weight excluding hydrogens is 440 g/mol. The van der Waals surface area contributed by atoms with Crippen LogP contribution < -0.4 is 5.32 Å². The Balaban J connectivity index is 1.36. The molecule has 32 heavy (non-hydrogen) atoms. The zero-order valence-corrected chi connectivity index (χ0v) is 19.7. The van der Waals surface area contributed by atoms with Crippen LogP contribution in [0.5, 0.6) is 0 Å². The maximum absolute atomic E-state index is 13.2. The standard InChI is InChI=1S/C26H27ClN2O2S/c1-18-4-2-6-20(16-18)26-22-12-15-32-23(22)11-14-29(26)25(31)9-8-24(30)28-13-10-19-5-3-7-21(27)17-19/h2-7,12,15-17,26H,8-11,13-14H2,1H3,(H,28,30). The lowest BCUT2D eigenvalue weighted by molar-refractivity contribution is -0.135. The summed E-state index contributed by atoms with van der Waals surface area (Å²) in [5.74, 6) is -0.0703. The molecule has 1 aliphatic rings. The number of nitrogens with one attached hydrogen (secondary N) is 1. The molecule has 166 valence electrons. The van der Waals surface area contributed by atoms with Gasteiger partial charge < -0.3 is 10.2 Å². The quantitative estimate of drug-likeness (QED) is 0.512. The zero-order chi connectivity index (χ0) is 22.5. The Morgan fingerprint density at radius 2 is 1.97 bits per heavy atom. The number of rotatable bonds is 7. The summed E-state index contributed by atoms with van der Waals surface area (Å²) in [6.07, 6.45) is 1.99. The summed E-state index contributed by atoms with van der Waals surface area (Å²) in [5, 5.41) is 5.72. The highest BCUT2D eigenvalue weighted by atomic mass is 35.5. The van der Waals surface area contributed by atoms with Crippen LogP contribution in [-0.4, -0.2) is 29.8 Å². The van der Waals surface area contributed by atoms with Crippen molar-refractivity contribution in [2.45, 2.75) is 38.6 Å². The van der Waals surface area contributed by atoms with E-state index in [2.05, 4.69) is 41.9 Å². The highest BCUT2D eigenvalue weighted by molar-refractivity contribution is 7.10. The number of hydrogen-bond acceptors (Lipinski definition) is 3. The minimum absolute atomic E-state index is 0.0262. The van der Waals surface area contributed by atoms with Gasteiger partial charge in [0.25, 0.3) is 0 Å². The van der Waals surface area contributed by atoms with Crippen molar-refractivity contribution in [2.24, 2.45) is 0 Å². The monoisotopic (exact) mass is 466 g/mol. The van der Waals surface area contributed by atoms with E-state index >= 15 is 0 Å². The van der Waals surface area contributed by atoms with Crippen LogP contribution in [0.15, 0.2) is 60.0 Å². The van der Waals surface area contributed by atoms with E-state index in [1.54, 1.807) is 11.3 Å². The van der Waals surface area contributed by atoms with E-state index in [4.69, 9.17) is 11.6 Å². The summed E-state index contributed by atoms with van der Waals surface area (Å²) in [5.41, 5.74) is 4.60. The molecule has 1 N–H and O–H groups in total. The van der Waals surface area contributed by atoms with Gasteiger partial charge in [-0.1, -0.05) is 53.6 Å². The fourth-order valence-corrected chi connectivity index (χ4v) is 5.39. The number of nitrogens with zero attached hydrogens (tertiary/aromatic N) is 1. The topological polar surface area (TPSA) is 49.4 Å². The van der Waals surface area contributed by atoms with Gasteiger partial charge in [-0.2, -0.15) is 0 Å². The second-order valence-electron chi connectivity index (χ2n) is 8.18. The molecule has 1 aliphatic heterocycles. The van der Waals surface area contributed by atoms with E-state index in [9.17, 15) is 9.59 Å². The molecule has 0 spiro atoms. The number of amides is 2. The number of halogens is 1. The third-order valence-corrected chi connectivity index (χ3v) is 7.07. The summed E-state index contributed by atoms with van der Waals surface area (Å²) in [6, 6.07) is 18.0. The second-order valence-corrected chi connectivity index (χ2v) is 9.62. The molecular formula is C26H27ClN2O2S. The Labute approximate surface area is 198 Å². The molecule has 1 atom stereocenters. The number of carbonyl (C=O) groups is 2. The van der Waals surface area contributed by atoms with Crippen LogP contribution >= 0.6 is 22.9 Å².